The van der Waals surface area contributed by atoms with Crippen LogP contribution in [0.25, 0.3) is 0 Å². The number of carbonyl (C=O) groups is 1. The molecule has 2 heterocycles. The average molecular weight is 340 g/mol. The van der Waals surface area contributed by atoms with Gasteiger partial charge in [0, 0.05) is 38.1 Å². The summed E-state index contributed by atoms with van der Waals surface area (Å²) < 4.78 is 5.13. The van der Waals surface area contributed by atoms with Gasteiger partial charge in [0.2, 0.25) is 5.91 Å². The highest BCUT2D eigenvalue weighted by molar-refractivity contribution is 5.94. The number of amides is 1. The molecule has 2 aromatic rings. The van der Waals surface area contributed by atoms with Gasteiger partial charge >= 0.3 is 0 Å². The molecule has 1 amide bonds. The van der Waals surface area contributed by atoms with Crippen molar-refractivity contribution < 1.29 is 9.53 Å². The number of methoxy groups -OCH3 is 1. The third kappa shape index (κ3) is 4.28. The van der Waals surface area contributed by atoms with E-state index in [-0.39, 0.29) is 11.9 Å². The summed E-state index contributed by atoms with van der Waals surface area (Å²) in [6, 6.07) is 13.1. The highest BCUT2D eigenvalue weighted by atomic mass is 16.5. The van der Waals surface area contributed by atoms with Crippen molar-refractivity contribution in [1.82, 2.24) is 9.88 Å². The van der Waals surface area contributed by atoms with Crippen LogP contribution in [0.5, 0.6) is 5.75 Å². The minimum atomic E-state index is -0.173. The molecule has 0 aliphatic carbocycles. The Kier molecular flexibility index (Phi) is 5.50. The van der Waals surface area contributed by atoms with Gasteiger partial charge in [-0.1, -0.05) is 6.07 Å². The number of rotatable bonds is 5. The lowest BCUT2D eigenvalue weighted by Crippen LogP contribution is -2.53. The molecule has 3 rings (SSSR count). The van der Waals surface area contributed by atoms with Crippen molar-refractivity contribution in [3.8, 4) is 5.75 Å². The van der Waals surface area contributed by atoms with E-state index in [9.17, 15) is 4.79 Å². The number of pyridine rings is 1. The number of benzene rings is 1. The monoisotopic (exact) mass is 340 g/mol. The van der Waals surface area contributed by atoms with Crippen molar-refractivity contribution in [3.63, 3.8) is 0 Å². The van der Waals surface area contributed by atoms with Crippen molar-refractivity contribution in [3.05, 3.63) is 48.7 Å². The Morgan fingerprint density at radius 3 is 2.44 bits per heavy atom. The van der Waals surface area contributed by atoms with E-state index in [1.165, 1.54) is 0 Å². The van der Waals surface area contributed by atoms with E-state index >= 15 is 0 Å². The molecule has 1 fully saturated rings. The maximum Gasteiger partial charge on any atom is 0.241 e. The number of nitrogens with one attached hydrogen (secondary N) is 1. The highest BCUT2D eigenvalue weighted by Gasteiger charge is 2.26. The molecule has 0 unspecified atom stereocenters. The van der Waals surface area contributed by atoms with E-state index in [1.54, 1.807) is 7.11 Å². The zero-order valence-electron chi connectivity index (χ0n) is 14.7. The van der Waals surface area contributed by atoms with E-state index < -0.39 is 0 Å². The van der Waals surface area contributed by atoms with Gasteiger partial charge in [-0.25, -0.2) is 4.98 Å². The van der Waals surface area contributed by atoms with Crippen LogP contribution in [0, 0.1) is 0 Å². The predicted octanol–water partition coefficient (Wildman–Crippen LogP) is 2.24. The minimum absolute atomic E-state index is 0.0106. The Bertz CT molecular complexity index is 682. The van der Waals surface area contributed by atoms with Gasteiger partial charge < -0.3 is 15.0 Å². The second kappa shape index (κ2) is 7.98. The summed E-state index contributed by atoms with van der Waals surface area (Å²) >= 11 is 0. The maximum atomic E-state index is 12.5. The van der Waals surface area contributed by atoms with Gasteiger partial charge in [-0.2, -0.15) is 0 Å². The summed E-state index contributed by atoms with van der Waals surface area (Å²) in [6.45, 7) is 5.38. The second-order valence-electron chi connectivity index (χ2n) is 6.10. The van der Waals surface area contributed by atoms with Crippen LogP contribution in [0.2, 0.25) is 0 Å². The van der Waals surface area contributed by atoms with Crippen LogP contribution in [0.1, 0.15) is 6.92 Å². The van der Waals surface area contributed by atoms with Gasteiger partial charge in [0.1, 0.15) is 11.6 Å². The van der Waals surface area contributed by atoms with Gasteiger partial charge in [0.25, 0.3) is 0 Å². The van der Waals surface area contributed by atoms with E-state index in [2.05, 4.69) is 20.1 Å². The molecule has 1 aliphatic rings. The van der Waals surface area contributed by atoms with Crippen molar-refractivity contribution in [2.24, 2.45) is 0 Å². The van der Waals surface area contributed by atoms with Gasteiger partial charge in [-0.05, 0) is 43.3 Å². The molecule has 1 N–H and O–H groups in total. The third-order valence-electron chi connectivity index (χ3n) is 4.57. The molecule has 0 saturated carbocycles. The number of nitrogens with zero attached hydrogens (tertiary/aromatic N) is 3. The van der Waals surface area contributed by atoms with Crippen LogP contribution in [-0.2, 0) is 4.79 Å². The van der Waals surface area contributed by atoms with Gasteiger partial charge in [-0.3, -0.25) is 9.69 Å². The Balaban J connectivity index is 1.52. The van der Waals surface area contributed by atoms with E-state index in [0.717, 1.165) is 43.4 Å². The largest absolute Gasteiger partial charge is 0.497 e. The maximum absolute atomic E-state index is 12.5. The average Bonchev–Trinajstić information content (AvgIpc) is 2.69. The lowest BCUT2D eigenvalue weighted by atomic mass is 10.2. The molecule has 6 heteroatoms. The molecule has 6 nitrogen and oxygen atoms in total. The molecule has 0 radical (unpaired) electrons. The number of aromatic nitrogens is 1. The van der Waals surface area contributed by atoms with E-state index in [1.807, 2.05) is 55.6 Å². The summed E-state index contributed by atoms with van der Waals surface area (Å²) in [6.07, 6.45) is 1.81. The molecular weight excluding hydrogens is 316 g/mol. The van der Waals surface area contributed by atoms with Gasteiger partial charge in [-0.15, -0.1) is 0 Å². The standard InChI is InChI=1S/C19H24N4O2/c1-15(19(24)21-16-6-8-17(25-2)9-7-16)22-11-13-23(14-12-22)18-5-3-4-10-20-18/h3-10,15H,11-14H2,1-2H3,(H,21,24)/t15-/m1/s1. The van der Waals surface area contributed by atoms with Crippen molar-refractivity contribution in [1.29, 1.82) is 0 Å². The highest BCUT2D eigenvalue weighted by Crippen LogP contribution is 2.17. The molecule has 132 valence electrons. The molecule has 25 heavy (non-hydrogen) atoms. The van der Waals surface area contributed by atoms with Crippen LogP contribution >= 0.6 is 0 Å². The molecule has 1 aromatic heterocycles. The fourth-order valence-corrected chi connectivity index (χ4v) is 2.97. The van der Waals surface area contributed by atoms with Crippen LogP contribution in [0.3, 0.4) is 0 Å². The molecule has 0 spiro atoms. The number of anilines is 2. The van der Waals surface area contributed by atoms with Crippen molar-refractivity contribution >= 4 is 17.4 Å². The topological polar surface area (TPSA) is 57.7 Å². The lowest BCUT2D eigenvalue weighted by Gasteiger charge is -2.37. The first-order chi connectivity index (χ1) is 12.2. The number of hydrogen-bond acceptors (Lipinski definition) is 5. The predicted molar refractivity (Wildman–Crippen MR) is 99.1 cm³/mol. The zero-order valence-corrected chi connectivity index (χ0v) is 14.7. The Labute approximate surface area is 148 Å². The summed E-state index contributed by atoms with van der Waals surface area (Å²) in [5.74, 6) is 1.78. The zero-order chi connectivity index (χ0) is 17.6. The molecule has 1 aromatic carbocycles. The summed E-state index contributed by atoms with van der Waals surface area (Å²) in [4.78, 5) is 21.4. The Hall–Kier alpha value is -2.60. The molecule has 0 bridgehead atoms. The van der Waals surface area contributed by atoms with Crippen LogP contribution < -0.4 is 15.0 Å². The van der Waals surface area contributed by atoms with E-state index in [4.69, 9.17) is 4.74 Å². The summed E-state index contributed by atoms with van der Waals surface area (Å²) in [7, 11) is 1.63. The molecule has 1 saturated heterocycles. The van der Waals surface area contributed by atoms with Crippen molar-refractivity contribution in [2.75, 3.05) is 43.5 Å². The quantitative estimate of drug-likeness (QED) is 0.905. The van der Waals surface area contributed by atoms with Crippen LogP contribution in [0.15, 0.2) is 48.7 Å². The Morgan fingerprint density at radius 2 is 1.84 bits per heavy atom. The van der Waals surface area contributed by atoms with Gasteiger partial charge in [0.15, 0.2) is 0 Å². The summed E-state index contributed by atoms with van der Waals surface area (Å²) in [5.41, 5.74) is 0.782. The fraction of sp³-hybridized carbons (Fsp3) is 0.368. The SMILES string of the molecule is COc1ccc(NC(=O)[C@@H](C)N2CCN(c3ccccn3)CC2)cc1. The first kappa shape index (κ1) is 17.2. The smallest absolute Gasteiger partial charge is 0.241 e. The third-order valence-corrected chi connectivity index (χ3v) is 4.57. The van der Waals surface area contributed by atoms with Crippen molar-refractivity contribution in [2.45, 2.75) is 13.0 Å². The second-order valence-corrected chi connectivity index (χ2v) is 6.10. The minimum Gasteiger partial charge on any atom is -0.497 e. The first-order valence-corrected chi connectivity index (χ1v) is 8.52. The van der Waals surface area contributed by atoms with Crippen LogP contribution in [0.4, 0.5) is 11.5 Å². The lowest BCUT2D eigenvalue weighted by molar-refractivity contribution is -0.120. The van der Waals surface area contributed by atoms with E-state index in [0.29, 0.717) is 0 Å². The molecule has 1 aliphatic heterocycles. The number of carbonyl (C=O) groups excluding carboxylic acids is 1. The number of hydrogen-bond donors (Lipinski definition) is 1. The number of piperazine rings is 1. The fourth-order valence-electron chi connectivity index (χ4n) is 2.97. The normalized spacial score (nSPS) is 16.3. The summed E-state index contributed by atoms with van der Waals surface area (Å²) in [5, 5.41) is 2.97. The molecule has 1 atom stereocenters. The Morgan fingerprint density at radius 1 is 1.12 bits per heavy atom. The van der Waals surface area contributed by atoms with Crippen LogP contribution in [-0.4, -0.2) is 55.1 Å². The first-order valence-electron chi connectivity index (χ1n) is 8.52. The number of ether oxygens (including phenoxy) is 1. The molecular formula is C19H24N4O2. The van der Waals surface area contributed by atoms with Gasteiger partial charge in [0.05, 0.1) is 13.2 Å².